The highest BCUT2D eigenvalue weighted by atomic mass is 15.1. The summed E-state index contributed by atoms with van der Waals surface area (Å²) in [5.41, 5.74) is 39.5. The van der Waals surface area contributed by atoms with Crippen molar-refractivity contribution in [2.75, 3.05) is 0 Å². The van der Waals surface area contributed by atoms with Gasteiger partial charge in [-0.05, 0) is 164 Å². The fourth-order valence-electron chi connectivity index (χ4n) is 21.2. The van der Waals surface area contributed by atoms with E-state index in [4.69, 9.17) is 54.8 Å². The van der Waals surface area contributed by atoms with Gasteiger partial charge in [0.2, 0.25) is 0 Å². The smallest absolute Gasteiger partial charge is 0.182 e. The van der Waals surface area contributed by atoms with Gasteiger partial charge < -0.3 is 0 Å². The molecule has 138 heavy (non-hydrogen) atoms. The summed E-state index contributed by atoms with van der Waals surface area (Å²) in [5, 5.41) is 0. The molecule has 0 saturated heterocycles. The molecule has 5 aromatic heterocycles. The Balaban J connectivity index is 0.000000116. The fraction of sp³-hybridized carbons (Fsp3) is 0.0945. The van der Waals surface area contributed by atoms with Crippen LogP contribution in [0.25, 0.3) is 203 Å². The summed E-state index contributed by atoms with van der Waals surface area (Å²) >= 11 is 0. The molecule has 658 valence electrons. The van der Waals surface area contributed by atoms with Crippen molar-refractivity contribution in [1.82, 2.24) is 54.8 Å². The molecule has 0 N–H and O–H groups in total. The maximum atomic E-state index is 5.25. The molecule has 21 aromatic rings. The second-order valence-corrected chi connectivity index (χ2v) is 38.0. The van der Waals surface area contributed by atoms with E-state index in [1.165, 1.54) is 100 Å². The van der Waals surface area contributed by atoms with Crippen LogP contribution in [0.1, 0.15) is 99.9 Å². The Bertz CT molecular complexity index is 8090. The molecule has 4 aliphatic carbocycles. The summed E-state index contributed by atoms with van der Waals surface area (Å²) in [6.45, 7) is 18.4. The number of aromatic nitrogens is 11. The van der Waals surface area contributed by atoms with E-state index in [0.717, 1.165) is 83.5 Å². The second-order valence-electron chi connectivity index (χ2n) is 38.0. The molecule has 0 amide bonds. The first-order valence-corrected chi connectivity index (χ1v) is 47.2. The summed E-state index contributed by atoms with van der Waals surface area (Å²) in [6.07, 6.45) is 3.75. The highest BCUT2D eigenvalue weighted by molar-refractivity contribution is 5.96. The van der Waals surface area contributed by atoms with E-state index in [1.807, 2.05) is 109 Å². The van der Waals surface area contributed by atoms with Crippen molar-refractivity contribution in [3.05, 3.63) is 475 Å². The van der Waals surface area contributed by atoms with Gasteiger partial charge in [-0.1, -0.05) is 444 Å². The van der Waals surface area contributed by atoms with Crippen molar-refractivity contribution in [3.8, 4) is 203 Å². The minimum Gasteiger partial charge on any atom is -0.252 e. The topological polar surface area (TPSA) is 142 Å². The lowest BCUT2D eigenvalue weighted by atomic mass is 9.80. The number of hydrogen-bond acceptors (Lipinski definition) is 11. The Kier molecular flexibility index (Phi) is 21.4. The molecular weight excluding hydrogens is 1680 g/mol. The lowest BCUT2D eigenvalue weighted by molar-refractivity contribution is 0.660. The lowest BCUT2D eigenvalue weighted by Gasteiger charge is -2.24. The van der Waals surface area contributed by atoms with E-state index in [-0.39, 0.29) is 21.7 Å². The van der Waals surface area contributed by atoms with Crippen molar-refractivity contribution in [2.45, 2.75) is 77.0 Å². The van der Waals surface area contributed by atoms with Crippen LogP contribution in [0, 0.1) is 0 Å². The van der Waals surface area contributed by atoms with Gasteiger partial charge in [0.1, 0.15) is 11.4 Å². The van der Waals surface area contributed by atoms with E-state index in [9.17, 15) is 0 Å². The van der Waals surface area contributed by atoms with E-state index >= 15 is 0 Å². The average Bonchev–Trinajstić information content (AvgIpc) is 1.58. The van der Waals surface area contributed by atoms with Crippen LogP contribution in [0.4, 0.5) is 0 Å². The third-order valence-electron chi connectivity index (χ3n) is 28.1. The zero-order valence-corrected chi connectivity index (χ0v) is 77.9. The van der Waals surface area contributed by atoms with Gasteiger partial charge in [-0.2, -0.15) is 0 Å². The Hall–Kier alpha value is -17.2. The first kappa shape index (κ1) is 85.1. The molecular formula is C127H95N11. The van der Waals surface area contributed by atoms with Gasteiger partial charge in [-0.25, -0.2) is 44.9 Å². The number of fused-ring (bicyclic) bond motifs is 12. The molecule has 0 saturated carbocycles. The van der Waals surface area contributed by atoms with Gasteiger partial charge in [-0.3, -0.25) is 9.97 Å². The van der Waals surface area contributed by atoms with E-state index in [1.54, 1.807) is 0 Å². The Morgan fingerprint density at radius 3 is 0.783 bits per heavy atom. The summed E-state index contributed by atoms with van der Waals surface area (Å²) in [5.74, 6) is 5.64. The zero-order valence-electron chi connectivity index (χ0n) is 77.9. The number of hydrogen-bond donors (Lipinski definition) is 0. The average molecular weight is 1780 g/mol. The van der Waals surface area contributed by atoms with Gasteiger partial charge in [0.15, 0.2) is 52.4 Å². The highest BCUT2D eigenvalue weighted by Gasteiger charge is 2.42. The largest absolute Gasteiger partial charge is 0.252 e. The molecule has 0 atom stereocenters. The maximum Gasteiger partial charge on any atom is 0.182 e. The monoisotopic (exact) mass is 1770 g/mol. The van der Waals surface area contributed by atoms with Crippen LogP contribution < -0.4 is 0 Å². The zero-order chi connectivity index (χ0) is 93.4. The van der Waals surface area contributed by atoms with Crippen LogP contribution in [0.2, 0.25) is 0 Å². The van der Waals surface area contributed by atoms with Crippen LogP contribution in [-0.4, -0.2) is 54.8 Å². The van der Waals surface area contributed by atoms with Gasteiger partial charge in [0.05, 0.1) is 0 Å². The normalized spacial score (nSPS) is 13.4. The SMILES string of the molecule is CC1(C)c2ccccc2-c2c(-c3ccc(-c4nc(-c5ccccc5)nc(-c5cccc6c5C(C)(C)c5ccccc5-6)n4)cc3)cccc21.CC1(C)c2ccccc2-c2c(-c3nc(-c4ccc(-c5ccccc5)cn4)nc(-c4ccc(-c5ccccc5)cn4)n3)cccc21.CC1(C)c2ccccc2-c2cccc(-c3nc(-c4ccccc4)nc(-c4cc(-c5ccccc5)cc(-c5ccccc5)c4)n3)c21. The van der Waals surface area contributed by atoms with Crippen LogP contribution >= 0.6 is 0 Å². The standard InChI is InChI=1S/C45H35N3.C42H31N3.C40H29N5/c1-44(2)37-22-11-9-17-34(37)39-31(18-13-23-38(39)44)28-24-26-30(27-25-28)42-46-41(29-14-6-5-7-15-29)47-43(48-42)35-20-12-19-33-32-16-8-10-21-36(32)45(3,4)40(33)35;1-42(2)37-24-13-12-21-34(37)35-22-14-23-36(38(35)42)41-44-39(30-19-10-5-11-20-30)43-40(45-41)33-26-31(28-15-6-3-7-16-28)25-32(27-33)29-17-8-4-9-18-29;1-40(2)32-18-10-9-16-30(32)36-31(17-11-19-33(36)40)37-43-38(34-22-20-28(24-41-34)26-12-5-3-6-13-26)45-39(44-37)35-23-21-29(25-42-35)27-14-7-4-8-15-27/h5-27H,1-4H3;3-27H,1-2H3;3-25H,1-2H3. The minimum atomic E-state index is -0.198. The lowest BCUT2D eigenvalue weighted by Crippen LogP contribution is -2.17. The fourth-order valence-corrected chi connectivity index (χ4v) is 21.2. The number of pyridine rings is 2. The predicted octanol–water partition coefficient (Wildman–Crippen LogP) is 31.0. The summed E-state index contributed by atoms with van der Waals surface area (Å²) in [6, 6.07) is 146. The van der Waals surface area contributed by atoms with Crippen LogP contribution in [-0.2, 0) is 21.7 Å². The Morgan fingerprint density at radius 1 is 0.145 bits per heavy atom. The first-order chi connectivity index (χ1) is 67.4. The van der Waals surface area contributed by atoms with Crippen molar-refractivity contribution >= 4 is 0 Å². The number of rotatable bonds is 14. The summed E-state index contributed by atoms with van der Waals surface area (Å²) in [4.78, 5) is 55.5. The molecule has 0 aliphatic heterocycles. The van der Waals surface area contributed by atoms with Crippen molar-refractivity contribution in [2.24, 2.45) is 0 Å². The molecule has 0 radical (unpaired) electrons. The van der Waals surface area contributed by atoms with Crippen molar-refractivity contribution in [1.29, 1.82) is 0 Å². The van der Waals surface area contributed by atoms with Crippen LogP contribution in [0.5, 0.6) is 0 Å². The van der Waals surface area contributed by atoms with E-state index in [0.29, 0.717) is 63.8 Å². The van der Waals surface area contributed by atoms with E-state index < -0.39 is 0 Å². The molecule has 0 fully saturated rings. The highest BCUT2D eigenvalue weighted by Crippen LogP contribution is 2.57. The van der Waals surface area contributed by atoms with Crippen LogP contribution in [0.3, 0.4) is 0 Å². The third-order valence-corrected chi connectivity index (χ3v) is 28.1. The molecule has 0 bridgehead atoms. The molecule has 16 aromatic carbocycles. The second kappa shape index (κ2) is 34.7. The molecule has 4 aliphatic rings. The van der Waals surface area contributed by atoms with Gasteiger partial charge in [0, 0.05) is 84.1 Å². The Morgan fingerprint density at radius 2 is 0.391 bits per heavy atom. The van der Waals surface area contributed by atoms with Gasteiger partial charge in [0.25, 0.3) is 0 Å². The van der Waals surface area contributed by atoms with Crippen molar-refractivity contribution < 1.29 is 0 Å². The van der Waals surface area contributed by atoms with Crippen molar-refractivity contribution in [3.63, 3.8) is 0 Å². The molecule has 11 nitrogen and oxygen atoms in total. The summed E-state index contributed by atoms with van der Waals surface area (Å²) < 4.78 is 0. The number of benzene rings is 16. The molecule has 0 spiro atoms. The summed E-state index contributed by atoms with van der Waals surface area (Å²) in [7, 11) is 0. The predicted molar refractivity (Wildman–Crippen MR) is 561 cm³/mol. The number of nitrogens with zero attached hydrogens (tertiary/aromatic N) is 11. The third kappa shape index (κ3) is 15.3. The van der Waals surface area contributed by atoms with Gasteiger partial charge in [-0.15, -0.1) is 0 Å². The quantitative estimate of drug-likeness (QED) is 0.103. The van der Waals surface area contributed by atoms with Gasteiger partial charge >= 0.3 is 0 Å². The molecule has 11 heteroatoms. The van der Waals surface area contributed by atoms with E-state index in [2.05, 4.69) is 377 Å². The Labute approximate surface area is 804 Å². The molecule has 5 heterocycles. The minimum absolute atomic E-state index is 0.0372. The first-order valence-electron chi connectivity index (χ1n) is 47.2. The van der Waals surface area contributed by atoms with Crippen LogP contribution in [0.15, 0.2) is 431 Å². The molecule has 25 rings (SSSR count). The maximum absolute atomic E-state index is 5.25. The molecule has 0 unspecified atom stereocenters.